The minimum Gasteiger partial charge on any atom is -0.505 e. The maximum absolute atomic E-state index is 10.2. The predicted octanol–water partition coefficient (Wildman–Crippen LogP) is 2.92. The van der Waals surface area contributed by atoms with Gasteiger partial charge < -0.3 is 14.6 Å². The predicted molar refractivity (Wildman–Crippen MR) is 82.9 cm³/mol. The smallest absolute Gasteiger partial charge is 0.146 e. The number of aromatic nitrogens is 3. The van der Waals surface area contributed by atoms with Crippen LogP contribution in [0.15, 0.2) is 36.4 Å². The van der Waals surface area contributed by atoms with Crippen molar-refractivity contribution < 1.29 is 14.6 Å². The third-order valence-corrected chi connectivity index (χ3v) is 3.22. The maximum Gasteiger partial charge on any atom is 0.146 e. The van der Waals surface area contributed by atoms with Crippen molar-refractivity contribution in [1.82, 2.24) is 15.0 Å². The summed E-state index contributed by atoms with van der Waals surface area (Å²) in [6, 6.07) is 10.5. The van der Waals surface area contributed by atoms with Crippen molar-refractivity contribution in [3.63, 3.8) is 0 Å². The van der Waals surface area contributed by atoms with E-state index in [0.29, 0.717) is 29.3 Å². The lowest BCUT2D eigenvalue weighted by molar-refractivity contribution is 0.315. The number of hydrogen-bond donors (Lipinski definition) is 1. The summed E-state index contributed by atoms with van der Waals surface area (Å²) in [5, 5.41) is 18.9. The zero-order chi connectivity index (χ0) is 15.5. The number of phenols is 1. The summed E-state index contributed by atoms with van der Waals surface area (Å²) in [5.74, 6) is 1.41. The minimum atomic E-state index is 0.0703. The molecule has 114 valence electrons. The SMILES string of the molecule is CCCOc1ccc(-n2nc3ccc(OC)cc3n2)c(O)c1. The first-order valence-electron chi connectivity index (χ1n) is 7.08. The fourth-order valence-electron chi connectivity index (χ4n) is 2.11. The second kappa shape index (κ2) is 5.93. The second-order valence-corrected chi connectivity index (χ2v) is 4.84. The number of ether oxygens (including phenoxy) is 2. The Labute approximate surface area is 127 Å². The van der Waals surface area contributed by atoms with Crippen LogP contribution in [-0.4, -0.2) is 33.8 Å². The van der Waals surface area contributed by atoms with Crippen molar-refractivity contribution >= 4 is 11.0 Å². The molecule has 22 heavy (non-hydrogen) atoms. The summed E-state index contributed by atoms with van der Waals surface area (Å²) < 4.78 is 10.7. The monoisotopic (exact) mass is 299 g/mol. The van der Waals surface area contributed by atoms with Crippen molar-refractivity contribution in [2.75, 3.05) is 13.7 Å². The Morgan fingerprint density at radius 3 is 2.55 bits per heavy atom. The highest BCUT2D eigenvalue weighted by atomic mass is 16.5. The molecular weight excluding hydrogens is 282 g/mol. The van der Waals surface area contributed by atoms with Crippen molar-refractivity contribution in [2.45, 2.75) is 13.3 Å². The molecular formula is C16H17N3O3. The lowest BCUT2D eigenvalue weighted by Crippen LogP contribution is -2.00. The van der Waals surface area contributed by atoms with E-state index >= 15 is 0 Å². The van der Waals surface area contributed by atoms with Gasteiger partial charge >= 0.3 is 0 Å². The molecule has 0 saturated heterocycles. The molecule has 2 aromatic carbocycles. The topological polar surface area (TPSA) is 69.4 Å². The van der Waals surface area contributed by atoms with Crippen molar-refractivity contribution in [3.8, 4) is 22.9 Å². The number of hydrogen-bond acceptors (Lipinski definition) is 5. The first-order chi connectivity index (χ1) is 10.7. The van der Waals surface area contributed by atoms with Gasteiger partial charge in [0.25, 0.3) is 0 Å². The Morgan fingerprint density at radius 2 is 1.82 bits per heavy atom. The van der Waals surface area contributed by atoms with Gasteiger partial charge in [0, 0.05) is 12.1 Å². The van der Waals surface area contributed by atoms with Crippen molar-refractivity contribution in [1.29, 1.82) is 0 Å². The molecule has 0 aliphatic carbocycles. The van der Waals surface area contributed by atoms with Gasteiger partial charge in [-0.3, -0.25) is 0 Å². The number of nitrogens with zero attached hydrogens (tertiary/aromatic N) is 3. The highest BCUT2D eigenvalue weighted by Gasteiger charge is 2.10. The molecule has 0 unspecified atom stereocenters. The van der Waals surface area contributed by atoms with E-state index in [4.69, 9.17) is 9.47 Å². The minimum absolute atomic E-state index is 0.0703. The van der Waals surface area contributed by atoms with E-state index in [9.17, 15) is 5.11 Å². The van der Waals surface area contributed by atoms with Crippen LogP contribution >= 0.6 is 0 Å². The standard InChI is InChI=1S/C16H17N3O3/c1-3-8-22-12-5-7-15(16(20)10-12)19-17-13-6-4-11(21-2)9-14(13)18-19/h4-7,9-10,20H,3,8H2,1-2H3. The largest absolute Gasteiger partial charge is 0.505 e. The molecule has 0 atom stereocenters. The summed E-state index contributed by atoms with van der Waals surface area (Å²) in [4.78, 5) is 1.41. The number of phenolic OH excluding ortho intramolecular Hbond substituents is 1. The van der Waals surface area contributed by atoms with Gasteiger partial charge in [-0.15, -0.1) is 15.0 Å². The second-order valence-electron chi connectivity index (χ2n) is 4.84. The first kappa shape index (κ1) is 14.2. The van der Waals surface area contributed by atoms with Crippen LogP contribution in [0.1, 0.15) is 13.3 Å². The Bertz CT molecular complexity index is 798. The van der Waals surface area contributed by atoms with Gasteiger partial charge in [-0.05, 0) is 30.7 Å². The van der Waals surface area contributed by atoms with Gasteiger partial charge in [-0.2, -0.15) is 0 Å². The molecule has 6 nitrogen and oxygen atoms in total. The van der Waals surface area contributed by atoms with Crippen LogP contribution < -0.4 is 9.47 Å². The van der Waals surface area contributed by atoms with E-state index < -0.39 is 0 Å². The number of aromatic hydroxyl groups is 1. The summed E-state index contributed by atoms with van der Waals surface area (Å²) in [6.45, 7) is 2.64. The normalized spacial score (nSPS) is 10.8. The quantitative estimate of drug-likeness (QED) is 0.784. The van der Waals surface area contributed by atoms with Crippen LogP contribution in [0.4, 0.5) is 0 Å². The Balaban J connectivity index is 1.96. The van der Waals surface area contributed by atoms with Crippen LogP contribution in [-0.2, 0) is 0 Å². The molecule has 0 saturated carbocycles. The Morgan fingerprint density at radius 1 is 1.05 bits per heavy atom. The highest BCUT2D eigenvalue weighted by molar-refractivity contribution is 5.75. The Hall–Kier alpha value is -2.76. The number of methoxy groups -OCH3 is 1. The molecule has 1 N–H and O–H groups in total. The zero-order valence-corrected chi connectivity index (χ0v) is 12.5. The van der Waals surface area contributed by atoms with Gasteiger partial charge in [0.15, 0.2) is 0 Å². The molecule has 0 spiro atoms. The van der Waals surface area contributed by atoms with Crippen molar-refractivity contribution in [3.05, 3.63) is 36.4 Å². The lowest BCUT2D eigenvalue weighted by Gasteiger charge is -2.07. The summed E-state index contributed by atoms with van der Waals surface area (Å²) >= 11 is 0. The molecule has 0 aliphatic rings. The fraction of sp³-hybridized carbons (Fsp3) is 0.250. The fourth-order valence-corrected chi connectivity index (χ4v) is 2.11. The molecule has 0 bridgehead atoms. The van der Waals surface area contributed by atoms with Gasteiger partial charge in [0.1, 0.15) is 34.0 Å². The highest BCUT2D eigenvalue weighted by Crippen LogP contribution is 2.27. The van der Waals surface area contributed by atoms with Gasteiger partial charge in [0.05, 0.1) is 13.7 Å². The van der Waals surface area contributed by atoms with E-state index in [1.165, 1.54) is 4.80 Å². The maximum atomic E-state index is 10.2. The van der Waals surface area contributed by atoms with E-state index in [1.54, 1.807) is 31.4 Å². The van der Waals surface area contributed by atoms with Gasteiger partial charge in [-0.25, -0.2) is 0 Å². The third-order valence-electron chi connectivity index (χ3n) is 3.22. The molecule has 0 radical (unpaired) electrons. The number of fused-ring (bicyclic) bond motifs is 1. The molecule has 0 fully saturated rings. The summed E-state index contributed by atoms with van der Waals surface area (Å²) in [7, 11) is 1.60. The first-order valence-corrected chi connectivity index (χ1v) is 7.08. The lowest BCUT2D eigenvalue weighted by atomic mass is 10.3. The van der Waals surface area contributed by atoms with Gasteiger partial charge in [0.2, 0.25) is 0 Å². The molecule has 6 heteroatoms. The average Bonchev–Trinajstić information content (AvgIpc) is 2.95. The van der Waals surface area contributed by atoms with Crippen LogP contribution in [0.25, 0.3) is 16.7 Å². The van der Waals surface area contributed by atoms with Crippen LogP contribution in [0.5, 0.6) is 17.2 Å². The molecule has 0 aliphatic heterocycles. The van der Waals surface area contributed by atoms with Crippen LogP contribution in [0.3, 0.4) is 0 Å². The molecule has 1 heterocycles. The van der Waals surface area contributed by atoms with Crippen LogP contribution in [0.2, 0.25) is 0 Å². The van der Waals surface area contributed by atoms with E-state index in [2.05, 4.69) is 10.2 Å². The summed E-state index contributed by atoms with van der Waals surface area (Å²) in [6.07, 6.45) is 0.913. The average molecular weight is 299 g/mol. The number of rotatable bonds is 5. The van der Waals surface area contributed by atoms with Crippen LogP contribution in [0, 0.1) is 0 Å². The zero-order valence-electron chi connectivity index (χ0n) is 12.5. The molecule has 3 aromatic rings. The van der Waals surface area contributed by atoms with E-state index in [1.807, 2.05) is 19.1 Å². The van der Waals surface area contributed by atoms with Crippen molar-refractivity contribution in [2.24, 2.45) is 0 Å². The molecule has 0 amide bonds. The summed E-state index contributed by atoms with van der Waals surface area (Å²) in [5.41, 5.74) is 1.93. The van der Waals surface area contributed by atoms with E-state index in [0.717, 1.165) is 11.9 Å². The number of benzene rings is 2. The van der Waals surface area contributed by atoms with Gasteiger partial charge in [-0.1, -0.05) is 6.92 Å². The Kier molecular flexibility index (Phi) is 3.82. The third kappa shape index (κ3) is 2.67. The van der Waals surface area contributed by atoms with E-state index in [-0.39, 0.29) is 5.75 Å². The molecule has 3 rings (SSSR count). The molecule has 1 aromatic heterocycles.